The zero-order chi connectivity index (χ0) is 17.2. The van der Waals surface area contributed by atoms with Crippen LogP contribution in [0.3, 0.4) is 0 Å². The average molecular weight is 313 g/mol. The van der Waals surface area contributed by atoms with Crippen LogP contribution in [0, 0.1) is 0 Å². The molecule has 0 saturated heterocycles. The topological polar surface area (TPSA) is 81.7 Å². The Hall–Kier alpha value is -1.85. The molecule has 0 aliphatic heterocycles. The van der Waals surface area contributed by atoms with Crippen LogP contribution in [0.15, 0.2) is 12.2 Å². The van der Waals surface area contributed by atoms with Crippen LogP contribution in [-0.4, -0.2) is 36.6 Å². The lowest BCUT2D eigenvalue weighted by Crippen LogP contribution is -2.43. The maximum absolute atomic E-state index is 11.7. The normalized spacial score (nSPS) is 12.8. The summed E-state index contributed by atoms with van der Waals surface area (Å²) < 4.78 is 9.77. The third-order valence-electron chi connectivity index (χ3n) is 2.60. The third kappa shape index (κ3) is 9.96. The molecule has 0 radical (unpaired) electrons. The second kappa shape index (κ2) is 9.97. The van der Waals surface area contributed by atoms with E-state index in [2.05, 4.69) is 10.1 Å². The highest BCUT2D eigenvalue weighted by Crippen LogP contribution is 2.08. The zero-order valence-corrected chi connectivity index (χ0v) is 14.1. The van der Waals surface area contributed by atoms with Crippen molar-refractivity contribution >= 4 is 17.8 Å². The van der Waals surface area contributed by atoms with Gasteiger partial charge in [0.05, 0.1) is 7.11 Å². The van der Waals surface area contributed by atoms with Gasteiger partial charge in [0.2, 0.25) is 0 Å². The Balaban J connectivity index is 4.45. The van der Waals surface area contributed by atoms with Gasteiger partial charge >= 0.3 is 12.1 Å². The molecule has 126 valence electrons. The number of alkyl carbamates (subject to hydrolysis) is 1. The van der Waals surface area contributed by atoms with Gasteiger partial charge < -0.3 is 14.8 Å². The van der Waals surface area contributed by atoms with Gasteiger partial charge in [0, 0.05) is 6.42 Å². The van der Waals surface area contributed by atoms with Gasteiger partial charge in [-0.1, -0.05) is 13.0 Å². The lowest BCUT2D eigenvalue weighted by atomic mass is 10.1. The summed E-state index contributed by atoms with van der Waals surface area (Å²) in [5, 5.41) is 2.48. The van der Waals surface area contributed by atoms with Gasteiger partial charge in [-0.05, 0) is 46.1 Å². The molecule has 0 heterocycles. The molecule has 0 aromatic rings. The van der Waals surface area contributed by atoms with Crippen molar-refractivity contribution in [3.8, 4) is 0 Å². The fraction of sp³-hybridized carbons (Fsp3) is 0.688. The van der Waals surface area contributed by atoms with E-state index >= 15 is 0 Å². The molecule has 1 amide bonds. The van der Waals surface area contributed by atoms with Crippen LogP contribution < -0.4 is 5.32 Å². The summed E-state index contributed by atoms with van der Waals surface area (Å²) in [4.78, 5) is 34.7. The molecule has 22 heavy (non-hydrogen) atoms. The van der Waals surface area contributed by atoms with E-state index in [1.54, 1.807) is 26.8 Å². The van der Waals surface area contributed by atoms with E-state index in [0.29, 0.717) is 19.3 Å². The first-order chi connectivity index (χ1) is 10.2. The van der Waals surface area contributed by atoms with Crippen molar-refractivity contribution in [1.82, 2.24) is 5.32 Å². The van der Waals surface area contributed by atoms with Gasteiger partial charge in [-0.2, -0.15) is 0 Å². The molecule has 0 spiro atoms. The number of hydrogen-bond donors (Lipinski definition) is 1. The van der Waals surface area contributed by atoms with Gasteiger partial charge in [-0.3, -0.25) is 4.79 Å². The van der Waals surface area contributed by atoms with Gasteiger partial charge in [0.25, 0.3) is 0 Å². The second-order valence-electron chi connectivity index (χ2n) is 5.92. The van der Waals surface area contributed by atoms with E-state index in [4.69, 9.17) is 4.74 Å². The molecule has 1 N–H and O–H groups in total. The highest BCUT2D eigenvalue weighted by Gasteiger charge is 2.24. The Morgan fingerprint density at radius 2 is 1.86 bits per heavy atom. The minimum Gasteiger partial charge on any atom is -0.467 e. The molecule has 1 atom stereocenters. The lowest BCUT2D eigenvalue weighted by Gasteiger charge is -2.22. The number of methoxy groups -OCH3 is 1. The summed E-state index contributed by atoms with van der Waals surface area (Å²) >= 11 is 0. The number of allylic oxidation sites excluding steroid dienone is 2. The molecule has 0 aliphatic rings. The van der Waals surface area contributed by atoms with Crippen LogP contribution in [0.25, 0.3) is 0 Å². The van der Waals surface area contributed by atoms with Crippen molar-refractivity contribution in [1.29, 1.82) is 0 Å². The number of ether oxygens (including phenoxy) is 2. The molecule has 0 aliphatic carbocycles. The molecule has 0 unspecified atom stereocenters. The highest BCUT2D eigenvalue weighted by atomic mass is 16.6. The van der Waals surface area contributed by atoms with Crippen LogP contribution in [0.1, 0.15) is 53.4 Å². The third-order valence-corrected chi connectivity index (χ3v) is 2.60. The maximum Gasteiger partial charge on any atom is 0.408 e. The first kappa shape index (κ1) is 20.1. The Morgan fingerprint density at radius 3 is 2.36 bits per heavy atom. The first-order valence-electron chi connectivity index (χ1n) is 7.46. The van der Waals surface area contributed by atoms with Crippen LogP contribution in [0.2, 0.25) is 0 Å². The fourth-order valence-electron chi connectivity index (χ4n) is 1.65. The molecule has 0 bridgehead atoms. The van der Waals surface area contributed by atoms with Crippen LogP contribution >= 0.6 is 0 Å². The van der Waals surface area contributed by atoms with E-state index in [0.717, 1.165) is 6.42 Å². The molecule has 0 aromatic carbocycles. The SMILES string of the molecule is CCCC(=O)/C=C/CC[C@H](NC(=O)OC(C)(C)C)C(=O)OC. The Bertz CT molecular complexity index is 409. The standard InChI is InChI=1S/C16H27NO5/c1-6-9-12(18)10-7-8-11-13(14(19)21-5)17-15(20)22-16(2,3)4/h7,10,13H,6,8-9,11H2,1-5H3,(H,17,20)/b10-7+/t13-/m0/s1. The summed E-state index contributed by atoms with van der Waals surface area (Å²) in [7, 11) is 1.26. The van der Waals surface area contributed by atoms with Gasteiger partial charge in [-0.25, -0.2) is 9.59 Å². The lowest BCUT2D eigenvalue weighted by molar-refractivity contribution is -0.143. The number of rotatable bonds is 8. The number of amides is 1. The molecule has 0 aromatic heterocycles. The summed E-state index contributed by atoms with van der Waals surface area (Å²) in [5.41, 5.74) is -0.642. The van der Waals surface area contributed by atoms with E-state index in [1.807, 2.05) is 6.92 Å². The number of carbonyl (C=O) groups is 3. The zero-order valence-electron chi connectivity index (χ0n) is 14.1. The van der Waals surface area contributed by atoms with Gasteiger partial charge in [0.15, 0.2) is 5.78 Å². The fourth-order valence-corrected chi connectivity index (χ4v) is 1.65. The smallest absolute Gasteiger partial charge is 0.408 e. The van der Waals surface area contributed by atoms with Crippen molar-refractivity contribution in [3.05, 3.63) is 12.2 Å². The summed E-state index contributed by atoms with van der Waals surface area (Å²) in [6.45, 7) is 7.15. The van der Waals surface area contributed by atoms with Crippen LogP contribution in [0.5, 0.6) is 0 Å². The van der Waals surface area contributed by atoms with Crippen molar-refractivity contribution in [2.24, 2.45) is 0 Å². The highest BCUT2D eigenvalue weighted by molar-refractivity contribution is 5.89. The Morgan fingerprint density at radius 1 is 1.23 bits per heavy atom. The summed E-state index contributed by atoms with van der Waals surface area (Å²) in [5.74, 6) is -0.489. The second-order valence-corrected chi connectivity index (χ2v) is 5.92. The molecular weight excluding hydrogens is 286 g/mol. The van der Waals surface area contributed by atoms with Crippen molar-refractivity contribution in [2.75, 3.05) is 7.11 Å². The molecular formula is C16H27NO5. The minimum atomic E-state index is -0.800. The van der Waals surface area contributed by atoms with Crippen LogP contribution in [0.4, 0.5) is 4.79 Å². The largest absolute Gasteiger partial charge is 0.467 e. The predicted octanol–water partition coefficient (Wildman–Crippen LogP) is 2.76. The molecule has 0 fully saturated rings. The number of nitrogens with one attached hydrogen (secondary N) is 1. The molecule has 0 rings (SSSR count). The number of carbonyl (C=O) groups excluding carboxylic acids is 3. The van der Waals surface area contributed by atoms with E-state index < -0.39 is 23.7 Å². The number of hydrogen-bond acceptors (Lipinski definition) is 5. The van der Waals surface area contributed by atoms with Crippen LogP contribution in [-0.2, 0) is 19.1 Å². The van der Waals surface area contributed by atoms with E-state index in [-0.39, 0.29) is 5.78 Å². The molecule has 6 heteroatoms. The van der Waals surface area contributed by atoms with E-state index in [1.165, 1.54) is 13.2 Å². The number of ketones is 1. The van der Waals surface area contributed by atoms with Crippen molar-refractivity contribution < 1.29 is 23.9 Å². The first-order valence-corrected chi connectivity index (χ1v) is 7.46. The summed E-state index contributed by atoms with van der Waals surface area (Å²) in [6.07, 6.45) is 4.65. The molecule has 6 nitrogen and oxygen atoms in total. The van der Waals surface area contributed by atoms with E-state index in [9.17, 15) is 14.4 Å². The summed E-state index contributed by atoms with van der Waals surface area (Å²) in [6, 6.07) is -0.800. The average Bonchev–Trinajstić information content (AvgIpc) is 2.39. The van der Waals surface area contributed by atoms with Gasteiger partial charge in [0.1, 0.15) is 11.6 Å². The minimum absolute atomic E-state index is 0.0530. The van der Waals surface area contributed by atoms with Gasteiger partial charge in [-0.15, -0.1) is 0 Å². The monoisotopic (exact) mass is 313 g/mol. The maximum atomic E-state index is 11.7. The number of esters is 1. The quantitative estimate of drug-likeness (QED) is 0.550. The van der Waals surface area contributed by atoms with Crippen molar-refractivity contribution in [2.45, 2.75) is 65.0 Å². The molecule has 0 saturated carbocycles. The predicted molar refractivity (Wildman–Crippen MR) is 83.5 cm³/mol. The Labute approximate surface area is 132 Å². The van der Waals surface area contributed by atoms with Crippen molar-refractivity contribution in [3.63, 3.8) is 0 Å². The Kier molecular flexibility index (Phi) is 9.13.